The van der Waals surface area contributed by atoms with Crippen molar-refractivity contribution in [3.8, 4) is 11.4 Å². The number of nitrogen functional groups attached to an aromatic ring is 1. The highest BCUT2D eigenvalue weighted by atomic mass is 35.5. The molecule has 0 spiro atoms. The van der Waals surface area contributed by atoms with Gasteiger partial charge in [0.05, 0.1) is 10.7 Å². The molecule has 4 nitrogen and oxygen atoms in total. The molecule has 0 aliphatic rings. The number of halogens is 2. The van der Waals surface area contributed by atoms with E-state index in [1.165, 1.54) is 0 Å². The summed E-state index contributed by atoms with van der Waals surface area (Å²) in [6, 6.07) is 3.37. The lowest BCUT2D eigenvalue weighted by Crippen LogP contribution is -2.06. The van der Waals surface area contributed by atoms with Crippen molar-refractivity contribution in [3.05, 3.63) is 28.5 Å². The van der Waals surface area contributed by atoms with E-state index in [-0.39, 0.29) is 0 Å². The minimum atomic E-state index is 0.427. The molecule has 2 rings (SSSR count). The molecule has 2 N–H and O–H groups in total. The summed E-state index contributed by atoms with van der Waals surface area (Å²) in [6.45, 7) is 5.06. The van der Waals surface area contributed by atoms with E-state index in [0.29, 0.717) is 33.0 Å². The minimum Gasteiger partial charge on any atom is -0.397 e. The monoisotopic (exact) mass is 284 g/mol. The van der Waals surface area contributed by atoms with Gasteiger partial charge >= 0.3 is 0 Å². The topological polar surface area (TPSA) is 56.7 Å². The van der Waals surface area contributed by atoms with Crippen LogP contribution in [0.25, 0.3) is 11.4 Å². The smallest absolute Gasteiger partial charge is 0.165 e. The first-order valence-corrected chi connectivity index (χ1v) is 6.37. The van der Waals surface area contributed by atoms with Gasteiger partial charge in [0, 0.05) is 17.1 Å². The maximum atomic E-state index is 6.03. The number of rotatable bonds is 3. The molecule has 0 radical (unpaired) electrons. The van der Waals surface area contributed by atoms with E-state index in [9.17, 15) is 0 Å². The SMILES string of the molecule is CC(C)Cn1cnnc1-c1cc(Cl)cc(Cl)c1N. The maximum Gasteiger partial charge on any atom is 0.165 e. The second-order valence-electron chi connectivity index (χ2n) is 4.55. The van der Waals surface area contributed by atoms with Crippen molar-refractivity contribution >= 4 is 28.9 Å². The molecule has 1 aromatic carbocycles. The minimum absolute atomic E-state index is 0.427. The van der Waals surface area contributed by atoms with E-state index in [4.69, 9.17) is 28.9 Å². The Hall–Kier alpha value is -1.26. The van der Waals surface area contributed by atoms with E-state index in [1.807, 2.05) is 4.57 Å². The number of nitrogens with two attached hydrogens (primary N) is 1. The Bertz CT molecular complexity index is 563. The van der Waals surface area contributed by atoms with Crippen molar-refractivity contribution < 1.29 is 0 Å². The largest absolute Gasteiger partial charge is 0.397 e. The average Bonchev–Trinajstić information content (AvgIpc) is 2.70. The quantitative estimate of drug-likeness (QED) is 0.878. The van der Waals surface area contributed by atoms with Gasteiger partial charge in [-0.05, 0) is 18.1 Å². The first kappa shape index (κ1) is 13.2. The van der Waals surface area contributed by atoms with Gasteiger partial charge in [0.1, 0.15) is 6.33 Å². The Labute approximate surface area is 116 Å². The molecule has 0 saturated heterocycles. The van der Waals surface area contributed by atoms with Crippen LogP contribution < -0.4 is 5.73 Å². The highest BCUT2D eigenvalue weighted by Crippen LogP contribution is 2.33. The van der Waals surface area contributed by atoms with Gasteiger partial charge in [-0.3, -0.25) is 0 Å². The molecule has 0 saturated carbocycles. The second kappa shape index (κ2) is 5.16. The fraction of sp³-hybridized carbons (Fsp3) is 0.333. The van der Waals surface area contributed by atoms with Crippen LogP contribution in [0.2, 0.25) is 10.0 Å². The molecular formula is C12H14Cl2N4. The molecule has 0 aliphatic carbocycles. The number of nitrogens with zero attached hydrogens (tertiary/aromatic N) is 3. The fourth-order valence-electron chi connectivity index (χ4n) is 1.76. The zero-order valence-electron chi connectivity index (χ0n) is 10.2. The maximum absolute atomic E-state index is 6.03. The second-order valence-corrected chi connectivity index (χ2v) is 5.39. The van der Waals surface area contributed by atoms with E-state index in [2.05, 4.69) is 24.0 Å². The van der Waals surface area contributed by atoms with Crippen LogP contribution in [-0.4, -0.2) is 14.8 Å². The van der Waals surface area contributed by atoms with Crippen LogP contribution in [0, 0.1) is 5.92 Å². The Morgan fingerprint density at radius 1 is 1.33 bits per heavy atom. The first-order chi connectivity index (χ1) is 8.49. The van der Waals surface area contributed by atoms with E-state index in [0.717, 1.165) is 6.54 Å². The third kappa shape index (κ3) is 2.60. The molecule has 0 fully saturated rings. The van der Waals surface area contributed by atoms with Crippen LogP contribution >= 0.6 is 23.2 Å². The average molecular weight is 285 g/mol. The molecule has 0 amide bonds. The van der Waals surface area contributed by atoms with Crippen molar-refractivity contribution in [1.82, 2.24) is 14.8 Å². The normalized spacial score (nSPS) is 11.2. The fourth-order valence-corrected chi connectivity index (χ4v) is 2.25. The Balaban J connectivity index is 2.52. The summed E-state index contributed by atoms with van der Waals surface area (Å²) >= 11 is 12.0. The summed E-state index contributed by atoms with van der Waals surface area (Å²) in [5, 5.41) is 8.98. The Morgan fingerprint density at radius 3 is 2.72 bits per heavy atom. The molecule has 0 atom stereocenters. The summed E-state index contributed by atoms with van der Waals surface area (Å²) in [5.41, 5.74) is 7.16. The van der Waals surface area contributed by atoms with Gasteiger partial charge in [0.25, 0.3) is 0 Å². The lowest BCUT2D eigenvalue weighted by atomic mass is 10.1. The van der Waals surface area contributed by atoms with E-state index < -0.39 is 0 Å². The van der Waals surface area contributed by atoms with Crippen molar-refractivity contribution in [2.45, 2.75) is 20.4 Å². The molecule has 2 aromatic rings. The van der Waals surface area contributed by atoms with Crippen LogP contribution in [0.15, 0.2) is 18.5 Å². The molecule has 1 heterocycles. The van der Waals surface area contributed by atoms with Gasteiger partial charge < -0.3 is 10.3 Å². The van der Waals surface area contributed by atoms with Crippen LogP contribution in [0.5, 0.6) is 0 Å². The molecule has 0 unspecified atom stereocenters. The third-order valence-electron chi connectivity index (χ3n) is 2.51. The molecular weight excluding hydrogens is 271 g/mol. The Morgan fingerprint density at radius 2 is 2.06 bits per heavy atom. The number of aromatic nitrogens is 3. The number of benzene rings is 1. The summed E-state index contributed by atoms with van der Waals surface area (Å²) in [7, 11) is 0. The van der Waals surface area contributed by atoms with Crippen molar-refractivity contribution in [2.24, 2.45) is 5.92 Å². The summed E-state index contributed by atoms with van der Waals surface area (Å²) in [6.07, 6.45) is 1.68. The van der Waals surface area contributed by atoms with Gasteiger partial charge in [0.2, 0.25) is 0 Å². The molecule has 1 aromatic heterocycles. The van der Waals surface area contributed by atoms with Gasteiger partial charge in [-0.15, -0.1) is 10.2 Å². The van der Waals surface area contributed by atoms with Gasteiger partial charge in [-0.25, -0.2) is 0 Å². The molecule has 18 heavy (non-hydrogen) atoms. The van der Waals surface area contributed by atoms with Crippen LogP contribution in [0.4, 0.5) is 5.69 Å². The molecule has 6 heteroatoms. The molecule has 96 valence electrons. The van der Waals surface area contributed by atoms with Crippen molar-refractivity contribution in [1.29, 1.82) is 0 Å². The van der Waals surface area contributed by atoms with Gasteiger partial charge in [0.15, 0.2) is 5.82 Å². The summed E-state index contributed by atoms with van der Waals surface area (Å²) < 4.78 is 1.95. The molecule has 0 bridgehead atoms. The molecule has 0 aliphatic heterocycles. The summed E-state index contributed by atoms with van der Waals surface area (Å²) in [4.78, 5) is 0. The Kier molecular flexibility index (Phi) is 3.78. The van der Waals surface area contributed by atoms with E-state index >= 15 is 0 Å². The van der Waals surface area contributed by atoms with Crippen LogP contribution in [0.1, 0.15) is 13.8 Å². The highest BCUT2D eigenvalue weighted by molar-refractivity contribution is 6.37. The predicted molar refractivity (Wildman–Crippen MR) is 74.7 cm³/mol. The standard InChI is InChI=1S/C12H14Cl2N4/c1-7(2)5-18-6-16-17-12(18)9-3-8(13)4-10(14)11(9)15/h3-4,6-7H,5,15H2,1-2H3. The highest BCUT2D eigenvalue weighted by Gasteiger charge is 2.14. The van der Waals surface area contributed by atoms with Crippen molar-refractivity contribution in [3.63, 3.8) is 0 Å². The number of hydrogen-bond acceptors (Lipinski definition) is 3. The third-order valence-corrected chi connectivity index (χ3v) is 3.04. The summed E-state index contributed by atoms with van der Waals surface area (Å²) in [5.74, 6) is 1.17. The predicted octanol–water partition coefficient (Wildman–Crippen LogP) is 3.49. The zero-order valence-corrected chi connectivity index (χ0v) is 11.7. The van der Waals surface area contributed by atoms with Crippen LogP contribution in [0.3, 0.4) is 0 Å². The first-order valence-electron chi connectivity index (χ1n) is 5.61. The van der Waals surface area contributed by atoms with Gasteiger partial charge in [-0.2, -0.15) is 0 Å². The lowest BCUT2D eigenvalue weighted by molar-refractivity contribution is 0.525. The van der Waals surface area contributed by atoms with Crippen LogP contribution in [-0.2, 0) is 6.54 Å². The number of hydrogen-bond donors (Lipinski definition) is 1. The number of anilines is 1. The lowest BCUT2D eigenvalue weighted by Gasteiger charge is -2.11. The van der Waals surface area contributed by atoms with Gasteiger partial charge in [-0.1, -0.05) is 37.0 Å². The zero-order chi connectivity index (χ0) is 13.3. The van der Waals surface area contributed by atoms with Crippen molar-refractivity contribution in [2.75, 3.05) is 5.73 Å². The van der Waals surface area contributed by atoms with E-state index in [1.54, 1.807) is 18.5 Å².